The molecule has 1 heterocycles. The zero-order valence-electron chi connectivity index (χ0n) is 11.3. The second-order valence-electron chi connectivity index (χ2n) is 4.60. The summed E-state index contributed by atoms with van der Waals surface area (Å²) in [7, 11) is 0. The molecule has 0 aliphatic rings. The van der Waals surface area contributed by atoms with Crippen LogP contribution in [0.5, 0.6) is 0 Å². The number of carbonyl (C=O) groups excluding carboxylic acids is 1. The summed E-state index contributed by atoms with van der Waals surface area (Å²) in [5.41, 5.74) is 3.92. The Balaban J connectivity index is 2.50. The number of Topliss-reactive ketones (excluding diaryl/α,β-unsaturated/α-hetero) is 1. The fourth-order valence-electron chi connectivity index (χ4n) is 1.96. The summed E-state index contributed by atoms with van der Waals surface area (Å²) < 4.78 is 5.11. The zero-order chi connectivity index (χ0) is 14.2. The van der Waals surface area contributed by atoms with E-state index < -0.39 is 0 Å². The normalized spacial score (nSPS) is 10.6. The van der Waals surface area contributed by atoms with Crippen molar-refractivity contribution in [3.8, 4) is 0 Å². The number of carbonyl (C=O) groups is 1. The molecule has 0 aliphatic heterocycles. The molecule has 0 amide bonds. The third kappa shape index (κ3) is 2.63. The molecule has 0 aliphatic carbocycles. The average Bonchev–Trinajstić information content (AvgIpc) is 2.63. The van der Waals surface area contributed by atoms with Crippen molar-refractivity contribution in [3.05, 3.63) is 39.5 Å². The summed E-state index contributed by atoms with van der Waals surface area (Å²) in [6.07, 6.45) is 0. The highest BCUT2D eigenvalue weighted by molar-refractivity contribution is 6.33. The molecular formula is C14H15ClN2O2. The zero-order valence-corrected chi connectivity index (χ0v) is 12.1. The number of hydrogen-bond acceptors (Lipinski definition) is 4. The average molecular weight is 279 g/mol. The lowest BCUT2D eigenvalue weighted by Gasteiger charge is -2.12. The van der Waals surface area contributed by atoms with Crippen LogP contribution in [0.3, 0.4) is 0 Å². The predicted molar refractivity (Wildman–Crippen MR) is 75.5 cm³/mol. The second kappa shape index (κ2) is 5.05. The molecule has 1 N–H and O–H groups in total. The van der Waals surface area contributed by atoms with Crippen molar-refractivity contribution in [2.24, 2.45) is 0 Å². The first kappa shape index (κ1) is 13.6. The smallest absolute Gasteiger partial charge is 0.248 e. The summed E-state index contributed by atoms with van der Waals surface area (Å²) in [6, 6.07) is 3.83. The highest BCUT2D eigenvalue weighted by Gasteiger charge is 2.16. The lowest BCUT2D eigenvalue weighted by molar-refractivity contribution is 0.101. The van der Waals surface area contributed by atoms with Crippen molar-refractivity contribution in [2.75, 3.05) is 5.32 Å². The van der Waals surface area contributed by atoms with Gasteiger partial charge in [0.25, 0.3) is 0 Å². The number of nitrogens with zero attached hydrogens (tertiary/aromatic N) is 1. The molecule has 0 atom stereocenters. The minimum atomic E-state index is -0.0124. The molecule has 4 nitrogen and oxygen atoms in total. The Hall–Kier alpha value is -1.81. The van der Waals surface area contributed by atoms with Crippen molar-refractivity contribution >= 4 is 29.0 Å². The van der Waals surface area contributed by atoms with Crippen LogP contribution in [0.4, 0.5) is 11.6 Å². The van der Waals surface area contributed by atoms with Crippen molar-refractivity contribution in [1.82, 2.24) is 5.16 Å². The minimum Gasteiger partial charge on any atom is -0.337 e. The van der Waals surface area contributed by atoms with E-state index in [1.807, 2.05) is 26.0 Å². The maximum atomic E-state index is 11.7. The van der Waals surface area contributed by atoms with Gasteiger partial charge in [0, 0.05) is 5.56 Å². The minimum absolute atomic E-state index is 0.0124. The van der Waals surface area contributed by atoms with E-state index >= 15 is 0 Å². The topological polar surface area (TPSA) is 55.1 Å². The molecular weight excluding hydrogens is 264 g/mol. The molecule has 0 radical (unpaired) electrons. The number of halogens is 1. The summed E-state index contributed by atoms with van der Waals surface area (Å²) in [4.78, 5) is 11.7. The van der Waals surface area contributed by atoms with Gasteiger partial charge in [-0.2, -0.15) is 0 Å². The molecule has 0 saturated heterocycles. The van der Waals surface area contributed by atoms with Crippen molar-refractivity contribution < 1.29 is 9.32 Å². The monoisotopic (exact) mass is 278 g/mol. The van der Waals surface area contributed by atoms with Gasteiger partial charge in [-0.15, -0.1) is 0 Å². The largest absolute Gasteiger partial charge is 0.337 e. The number of benzene rings is 1. The summed E-state index contributed by atoms with van der Waals surface area (Å²) >= 11 is 6.07. The van der Waals surface area contributed by atoms with E-state index in [0.29, 0.717) is 27.9 Å². The van der Waals surface area contributed by atoms with Crippen LogP contribution in [-0.4, -0.2) is 10.9 Å². The molecule has 0 saturated carbocycles. The number of ketones is 1. The Labute approximate surface area is 116 Å². The number of aromatic nitrogens is 1. The SMILES string of the molecule is CC(=O)c1cc(C)cc(C)c1Nc1onc(C)c1Cl. The van der Waals surface area contributed by atoms with Gasteiger partial charge < -0.3 is 9.84 Å². The van der Waals surface area contributed by atoms with Gasteiger partial charge in [-0.3, -0.25) is 4.79 Å². The molecule has 0 unspecified atom stereocenters. The fraction of sp³-hybridized carbons (Fsp3) is 0.286. The molecule has 0 fully saturated rings. The maximum absolute atomic E-state index is 11.7. The molecule has 0 spiro atoms. The van der Waals surface area contributed by atoms with Crippen molar-refractivity contribution in [3.63, 3.8) is 0 Å². The molecule has 0 bridgehead atoms. The van der Waals surface area contributed by atoms with Crippen LogP contribution in [0.25, 0.3) is 0 Å². The second-order valence-corrected chi connectivity index (χ2v) is 4.97. The van der Waals surface area contributed by atoms with E-state index in [0.717, 1.165) is 11.1 Å². The Morgan fingerprint density at radius 1 is 1.32 bits per heavy atom. The van der Waals surface area contributed by atoms with Crippen LogP contribution in [-0.2, 0) is 0 Å². The van der Waals surface area contributed by atoms with Gasteiger partial charge in [0.2, 0.25) is 5.88 Å². The molecule has 2 rings (SSSR count). The summed E-state index contributed by atoms with van der Waals surface area (Å²) in [6.45, 7) is 7.17. The van der Waals surface area contributed by atoms with Gasteiger partial charge in [0.1, 0.15) is 10.7 Å². The first-order chi connectivity index (χ1) is 8.90. The number of nitrogens with one attached hydrogen (secondary N) is 1. The third-order valence-corrected chi connectivity index (χ3v) is 3.33. The molecule has 2 aromatic rings. The fourth-order valence-corrected chi connectivity index (χ4v) is 2.08. The number of rotatable bonds is 3. The Bertz CT molecular complexity index is 647. The van der Waals surface area contributed by atoms with Crippen LogP contribution in [0, 0.1) is 20.8 Å². The van der Waals surface area contributed by atoms with Gasteiger partial charge in [0.05, 0.1) is 5.69 Å². The van der Waals surface area contributed by atoms with E-state index in [4.69, 9.17) is 16.1 Å². The van der Waals surface area contributed by atoms with Crippen LogP contribution >= 0.6 is 11.6 Å². The van der Waals surface area contributed by atoms with Gasteiger partial charge in [-0.1, -0.05) is 22.8 Å². The predicted octanol–water partition coefficient (Wildman–Crippen LogP) is 4.20. The van der Waals surface area contributed by atoms with Crippen LogP contribution < -0.4 is 5.32 Å². The Morgan fingerprint density at radius 2 is 2.00 bits per heavy atom. The summed E-state index contributed by atoms with van der Waals surface area (Å²) in [5, 5.41) is 7.26. The van der Waals surface area contributed by atoms with Gasteiger partial charge in [0.15, 0.2) is 5.78 Å². The van der Waals surface area contributed by atoms with Crippen LogP contribution in [0.2, 0.25) is 5.02 Å². The number of anilines is 2. The number of aryl methyl sites for hydroxylation is 3. The van der Waals surface area contributed by atoms with E-state index in [1.165, 1.54) is 6.92 Å². The summed E-state index contributed by atoms with van der Waals surface area (Å²) in [5.74, 6) is 0.343. The van der Waals surface area contributed by atoms with Gasteiger partial charge in [-0.25, -0.2) is 0 Å². The first-order valence-corrected chi connectivity index (χ1v) is 6.29. The highest BCUT2D eigenvalue weighted by atomic mass is 35.5. The maximum Gasteiger partial charge on any atom is 0.248 e. The van der Waals surface area contributed by atoms with Gasteiger partial charge >= 0.3 is 0 Å². The van der Waals surface area contributed by atoms with Crippen LogP contribution in [0.1, 0.15) is 34.1 Å². The third-order valence-electron chi connectivity index (χ3n) is 2.89. The molecule has 1 aromatic heterocycles. The molecule has 19 heavy (non-hydrogen) atoms. The quantitative estimate of drug-likeness (QED) is 0.855. The Kier molecular flexibility index (Phi) is 3.62. The van der Waals surface area contributed by atoms with E-state index in [2.05, 4.69) is 10.5 Å². The van der Waals surface area contributed by atoms with E-state index in [-0.39, 0.29) is 5.78 Å². The molecule has 1 aromatic carbocycles. The lowest BCUT2D eigenvalue weighted by atomic mass is 10.0. The van der Waals surface area contributed by atoms with Crippen molar-refractivity contribution in [2.45, 2.75) is 27.7 Å². The lowest BCUT2D eigenvalue weighted by Crippen LogP contribution is -2.03. The van der Waals surface area contributed by atoms with E-state index in [9.17, 15) is 4.79 Å². The Morgan fingerprint density at radius 3 is 2.53 bits per heavy atom. The molecule has 100 valence electrons. The van der Waals surface area contributed by atoms with Crippen molar-refractivity contribution in [1.29, 1.82) is 0 Å². The first-order valence-electron chi connectivity index (χ1n) is 5.91. The van der Waals surface area contributed by atoms with Gasteiger partial charge in [-0.05, 0) is 44.9 Å². The highest BCUT2D eigenvalue weighted by Crippen LogP contribution is 2.32. The standard InChI is InChI=1S/C14H15ClN2O2/c1-7-5-8(2)13(11(6-7)10(4)18)16-14-12(15)9(3)17-19-14/h5-6,16H,1-4H3. The van der Waals surface area contributed by atoms with E-state index in [1.54, 1.807) is 6.92 Å². The molecule has 5 heteroatoms. The van der Waals surface area contributed by atoms with Crippen LogP contribution in [0.15, 0.2) is 16.7 Å². The number of hydrogen-bond donors (Lipinski definition) is 1.